The van der Waals surface area contributed by atoms with Crippen LogP contribution >= 0.6 is 0 Å². The molecule has 0 unspecified atom stereocenters. The van der Waals surface area contributed by atoms with Crippen molar-refractivity contribution in [3.8, 4) is 0 Å². The van der Waals surface area contributed by atoms with Gasteiger partial charge in [-0.3, -0.25) is 4.79 Å². The van der Waals surface area contributed by atoms with E-state index in [9.17, 15) is 14.7 Å². The number of nitrogens with one attached hydrogen (secondary N) is 1. The Morgan fingerprint density at radius 3 is 2.46 bits per heavy atom. The van der Waals surface area contributed by atoms with Crippen molar-refractivity contribution in [2.75, 3.05) is 0 Å². The number of hydrogen-bond donors (Lipinski definition) is 3. The van der Waals surface area contributed by atoms with Gasteiger partial charge >= 0.3 is 12.1 Å². The van der Waals surface area contributed by atoms with Crippen LogP contribution in [0.2, 0.25) is 0 Å². The number of alkyl carbamates (subject to hydrolysis) is 1. The van der Waals surface area contributed by atoms with Crippen molar-refractivity contribution in [1.82, 2.24) is 5.32 Å². The molecule has 0 heterocycles. The molecule has 2 atom stereocenters. The van der Waals surface area contributed by atoms with Gasteiger partial charge in [-0.1, -0.05) is 42.5 Å². The maximum absolute atomic E-state index is 12.1. The summed E-state index contributed by atoms with van der Waals surface area (Å²) in [7, 11) is 0. The molecule has 6 nitrogen and oxygen atoms in total. The van der Waals surface area contributed by atoms with Gasteiger partial charge in [0.2, 0.25) is 0 Å². The van der Waals surface area contributed by atoms with E-state index in [-0.39, 0.29) is 6.42 Å². The number of unbranched alkanes of at least 4 members (excludes halogenated alkanes) is 1. The zero-order chi connectivity index (χ0) is 19.6. The molecular weight excluding hydrogens is 334 g/mol. The summed E-state index contributed by atoms with van der Waals surface area (Å²) in [5, 5.41) is 21.8. The number of aliphatic hydroxyl groups excluding tert-OH is 1. The van der Waals surface area contributed by atoms with Gasteiger partial charge in [-0.25, -0.2) is 4.79 Å². The first kappa shape index (κ1) is 21.7. The Balaban J connectivity index is 2.70. The Morgan fingerprint density at radius 2 is 1.88 bits per heavy atom. The quantitative estimate of drug-likeness (QED) is 0.462. The Bertz CT molecular complexity index is 592. The molecule has 0 aliphatic carbocycles. The molecule has 0 saturated carbocycles. The highest BCUT2D eigenvalue weighted by molar-refractivity contribution is 5.68. The van der Waals surface area contributed by atoms with Crippen molar-refractivity contribution >= 4 is 12.1 Å². The Hall–Kier alpha value is -2.34. The van der Waals surface area contributed by atoms with Gasteiger partial charge in [0.1, 0.15) is 5.60 Å². The lowest BCUT2D eigenvalue weighted by atomic mass is 10.0. The third kappa shape index (κ3) is 9.84. The van der Waals surface area contributed by atoms with Crippen LogP contribution in [0.4, 0.5) is 4.79 Å². The second-order valence-electron chi connectivity index (χ2n) is 7.15. The fraction of sp³-hybridized carbons (Fsp3) is 0.500. The molecule has 0 radical (unpaired) electrons. The minimum absolute atomic E-state index is 0.0873. The van der Waals surface area contributed by atoms with E-state index >= 15 is 0 Å². The first-order valence-electron chi connectivity index (χ1n) is 8.77. The zero-order valence-corrected chi connectivity index (χ0v) is 15.6. The number of aliphatic carboxylic acids is 1. The van der Waals surface area contributed by atoms with E-state index in [1.807, 2.05) is 30.3 Å². The van der Waals surface area contributed by atoms with E-state index in [4.69, 9.17) is 9.84 Å². The highest BCUT2D eigenvalue weighted by Crippen LogP contribution is 2.11. The highest BCUT2D eigenvalue weighted by atomic mass is 16.6. The van der Waals surface area contributed by atoms with Crippen LogP contribution in [-0.4, -0.2) is 40.0 Å². The number of carboxylic acids is 1. The van der Waals surface area contributed by atoms with Gasteiger partial charge in [0.05, 0.1) is 12.1 Å². The lowest BCUT2D eigenvalue weighted by molar-refractivity contribution is -0.137. The second kappa shape index (κ2) is 10.6. The monoisotopic (exact) mass is 363 g/mol. The number of carbonyl (C=O) groups excluding carboxylic acids is 1. The standard InChI is InChI=1S/C20H29NO5/c1-20(2,3)26-19(25)21-16(14-15-10-6-4-7-11-15)17(22)12-8-5-9-13-18(23)24/h4,6-8,10-12,16-17,22H,5,9,13-14H2,1-3H3,(H,21,25)(H,23,24)/b12-8+/t16-,17-/m0/s1. The molecule has 1 rings (SSSR count). The lowest BCUT2D eigenvalue weighted by Gasteiger charge is -2.25. The van der Waals surface area contributed by atoms with Crippen LogP contribution in [0.25, 0.3) is 0 Å². The van der Waals surface area contributed by atoms with Crippen LogP contribution in [0.15, 0.2) is 42.5 Å². The number of benzene rings is 1. The van der Waals surface area contributed by atoms with Crippen LogP contribution in [0.5, 0.6) is 0 Å². The number of allylic oxidation sites excluding steroid dienone is 1. The van der Waals surface area contributed by atoms with Crippen molar-refractivity contribution in [1.29, 1.82) is 0 Å². The van der Waals surface area contributed by atoms with Crippen LogP contribution in [0, 0.1) is 0 Å². The van der Waals surface area contributed by atoms with Gasteiger partial charge in [0.25, 0.3) is 0 Å². The number of hydrogen-bond acceptors (Lipinski definition) is 4. The van der Waals surface area contributed by atoms with Gasteiger partial charge in [0, 0.05) is 6.42 Å². The van der Waals surface area contributed by atoms with Crippen molar-refractivity contribution < 1.29 is 24.5 Å². The third-order valence-corrected chi connectivity index (χ3v) is 3.51. The molecule has 0 spiro atoms. The summed E-state index contributed by atoms with van der Waals surface area (Å²) >= 11 is 0. The fourth-order valence-electron chi connectivity index (χ4n) is 2.33. The number of rotatable bonds is 9. The summed E-state index contributed by atoms with van der Waals surface area (Å²) in [4.78, 5) is 22.6. The molecule has 144 valence electrons. The van der Waals surface area contributed by atoms with Gasteiger partial charge in [0.15, 0.2) is 0 Å². The van der Waals surface area contributed by atoms with Crippen LogP contribution < -0.4 is 5.32 Å². The number of carbonyl (C=O) groups is 2. The Labute approximate surface area is 154 Å². The molecule has 0 aliphatic rings. The van der Waals surface area contributed by atoms with Crippen LogP contribution in [-0.2, 0) is 16.0 Å². The predicted molar refractivity (Wildman–Crippen MR) is 99.9 cm³/mol. The lowest BCUT2D eigenvalue weighted by Crippen LogP contribution is -2.46. The summed E-state index contributed by atoms with van der Waals surface area (Å²) in [5.74, 6) is -0.840. The van der Waals surface area contributed by atoms with E-state index in [0.717, 1.165) is 5.56 Å². The predicted octanol–water partition coefficient (Wildman–Crippen LogP) is 3.29. The molecule has 6 heteroatoms. The summed E-state index contributed by atoms with van der Waals surface area (Å²) in [6.45, 7) is 5.33. The maximum atomic E-state index is 12.1. The molecule has 26 heavy (non-hydrogen) atoms. The van der Waals surface area contributed by atoms with E-state index in [1.165, 1.54) is 0 Å². The Kier molecular flexibility index (Phi) is 8.85. The minimum atomic E-state index is -0.910. The second-order valence-corrected chi connectivity index (χ2v) is 7.15. The Morgan fingerprint density at radius 1 is 1.23 bits per heavy atom. The molecule has 0 bridgehead atoms. The molecule has 1 aromatic carbocycles. The fourth-order valence-corrected chi connectivity index (χ4v) is 2.33. The maximum Gasteiger partial charge on any atom is 0.407 e. The van der Waals surface area contributed by atoms with E-state index in [2.05, 4.69) is 5.32 Å². The van der Waals surface area contributed by atoms with Crippen molar-refractivity contribution in [3.63, 3.8) is 0 Å². The number of carboxylic acid groups (broad SMARTS) is 1. The molecule has 0 aliphatic heterocycles. The molecule has 3 N–H and O–H groups in total. The van der Waals surface area contributed by atoms with Crippen LogP contribution in [0.3, 0.4) is 0 Å². The highest BCUT2D eigenvalue weighted by Gasteiger charge is 2.23. The summed E-state index contributed by atoms with van der Waals surface area (Å²) in [6.07, 6.45) is 3.42. The first-order chi connectivity index (χ1) is 12.2. The van der Waals surface area contributed by atoms with Gasteiger partial charge in [-0.15, -0.1) is 0 Å². The van der Waals surface area contributed by atoms with E-state index < -0.39 is 29.8 Å². The smallest absolute Gasteiger partial charge is 0.407 e. The van der Waals surface area contributed by atoms with Crippen molar-refractivity contribution in [3.05, 3.63) is 48.0 Å². The average Bonchev–Trinajstić information content (AvgIpc) is 2.52. The van der Waals surface area contributed by atoms with Gasteiger partial charge in [-0.2, -0.15) is 0 Å². The summed E-state index contributed by atoms with van der Waals surface area (Å²) in [5.41, 5.74) is 0.353. The van der Waals surface area contributed by atoms with E-state index in [1.54, 1.807) is 32.9 Å². The number of aliphatic hydroxyl groups is 1. The zero-order valence-electron chi connectivity index (χ0n) is 15.6. The molecule has 0 saturated heterocycles. The average molecular weight is 363 g/mol. The first-order valence-corrected chi connectivity index (χ1v) is 8.77. The topological polar surface area (TPSA) is 95.9 Å². The number of ether oxygens (including phenoxy) is 1. The molecule has 1 amide bonds. The van der Waals surface area contributed by atoms with Crippen molar-refractivity contribution in [2.45, 2.75) is 64.2 Å². The van der Waals surface area contributed by atoms with Crippen LogP contribution in [0.1, 0.15) is 45.6 Å². The molecule has 0 aromatic heterocycles. The molecule has 1 aromatic rings. The normalized spacial score (nSPS) is 14.0. The molecule has 0 fully saturated rings. The molecular formula is C20H29NO5. The number of amides is 1. The summed E-state index contributed by atoms with van der Waals surface area (Å²) < 4.78 is 5.27. The summed E-state index contributed by atoms with van der Waals surface area (Å²) in [6, 6.07) is 8.99. The van der Waals surface area contributed by atoms with Gasteiger partial charge < -0.3 is 20.3 Å². The third-order valence-electron chi connectivity index (χ3n) is 3.51. The SMILES string of the molecule is CC(C)(C)OC(=O)N[C@@H](Cc1ccccc1)[C@@H](O)/C=C/CCCC(=O)O. The van der Waals surface area contributed by atoms with Gasteiger partial charge in [-0.05, 0) is 45.6 Å². The van der Waals surface area contributed by atoms with Crippen molar-refractivity contribution in [2.24, 2.45) is 0 Å². The minimum Gasteiger partial charge on any atom is -0.481 e. The largest absolute Gasteiger partial charge is 0.481 e. The van der Waals surface area contributed by atoms with E-state index in [0.29, 0.717) is 19.3 Å².